The van der Waals surface area contributed by atoms with E-state index < -0.39 is 29.0 Å². The van der Waals surface area contributed by atoms with Crippen LogP contribution in [0.3, 0.4) is 0 Å². The van der Waals surface area contributed by atoms with E-state index in [0.29, 0.717) is 12.8 Å². The van der Waals surface area contributed by atoms with E-state index in [1.807, 2.05) is 0 Å². The van der Waals surface area contributed by atoms with E-state index in [-0.39, 0.29) is 24.2 Å². The van der Waals surface area contributed by atoms with Gasteiger partial charge in [-0.2, -0.15) is 0 Å². The molecule has 3 unspecified atom stereocenters. The normalized spacial score (nSPS) is 26.6. The van der Waals surface area contributed by atoms with Crippen LogP contribution in [-0.2, 0) is 14.6 Å². The maximum absolute atomic E-state index is 11.8. The van der Waals surface area contributed by atoms with Gasteiger partial charge in [-0.15, -0.1) is 0 Å². The Morgan fingerprint density at radius 1 is 1.37 bits per heavy atom. The van der Waals surface area contributed by atoms with Crippen LogP contribution in [-0.4, -0.2) is 50.8 Å². The number of hydrogen-bond donors (Lipinski definition) is 1. The van der Waals surface area contributed by atoms with Crippen LogP contribution < -0.4 is 0 Å². The molecule has 4 nitrogen and oxygen atoms in total. The van der Waals surface area contributed by atoms with Gasteiger partial charge in [0.25, 0.3) is 6.43 Å². The Morgan fingerprint density at radius 2 is 2.05 bits per heavy atom. The summed E-state index contributed by atoms with van der Waals surface area (Å²) in [6.45, 7) is -0.547. The van der Waals surface area contributed by atoms with Crippen LogP contribution >= 0.6 is 0 Å². The van der Waals surface area contributed by atoms with Crippen molar-refractivity contribution in [2.75, 3.05) is 19.5 Å². The van der Waals surface area contributed by atoms with Crippen molar-refractivity contribution in [1.82, 2.24) is 0 Å². The number of halogens is 2. The molecule has 3 atom stereocenters. The quantitative estimate of drug-likeness (QED) is 0.726. The molecule has 0 saturated heterocycles. The largest absolute Gasteiger partial charge is 0.393 e. The molecule has 1 N–H and O–H groups in total. The van der Waals surface area contributed by atoms with Crippen LogP contribution in [0.4, 0.5) is 8.78 Å². The summed E-state index contributed by atoms with van der Waals surface area (Å²) in [5.74, 6) is -0.0800. The molecular weight excluding hydrogens is 278 g/mol. The third-order valence-corrected chi connectivity index (χ3v) is 5.26. The number of aliphatic hydroxyl groups excluding tert-OH is 1. The number of hydrogen-bond acceptors (Lipinski definition) is 4. The van der Waals surface area contributed by atoms with Crippen molar-refractivity contribution >= 4 is 9.84 Å². The zero-order chi connectivity index (χ0) is 14.5. The van der Waals surface area contributed by atoms with Crippen LogP contribution in [0.2, 0.25) is 0 Å². The Balaban J connectivity index is 2.34. The number of ether oxygens (including phenoxy) is 1. The van der Waals surface area contributed by atoms with Crippen molar-refractivity contribution in [3.63, 3.8) is 0 Å². The molecule has 0 bridgehead atoms. The van der Waals surface area contributed by atoms with Crippen LogP contribution in [0.15, 0.2) is 0 Å². The maximum Gasteiger partial charge on any atom is 0.261 e. The van der Waals surface area contributed by atoms with Crippen molar-refractivity contribution in [3.8, 4) is 0 Å². The van der Waals surface area contributed by atoms with E-state index in [1.165, 1.54) is 6.26 Å². The first-order chi connectivity index (χ1) is 8.80. The second-order valence-electron chi connectivity index (χ2n) is 5.20. The second kappa shape index (κ2) is 7.50. The van der Waals surface area contributed by atoms with Gasteiger partial charge in [0, 0.05) is 12.9 Å². The van der Waals surface area contributed by atoms with E-state index >= 15 is 0 Å². The Morgan fingerprint density at radius 3 is 2.63 bits per heavy atom. The third kappa shape index (κ3) is 6.14. The molecule has 1 saturated carbocycles. The monoisotopic (exact) mass is 300 g/mol. The molecule has 0 aromatic carbocycles. The average Bonchev–Trinajstić information content (AvgIpc) is 2.33. The van der Waals surface area contributed by atoms with Crippen LogP contribution in [0, 0.1) is 5.92 Å². The van der Waals surface area contributed by atoms with Gasteiger partial charge in [-0.1, -0.05) is 6.42 Å². The summed E-state index contributed by atoms with van der Waals surface area (Å²) in [5.41, 5.74) is 0. The number of aliphatic hydroxyl groups is 1. The first-order valence-corrected chi connectivity index (χ1v) is 8.49. The van der Waals surface area contributed by atoms with Gasteiger partial charge in [0.05, 0.1) is 11.4 Å². The molecule has 1 rings (SSSR count). The SMILES string of the molecule is CS(=O)(=O)C1CCCC(C(O)CCOCC(F)F)C1. The fraction of sp³-hybridized carbons (Fsp3) is 1.00. The minimum absolute atomic E-state index is 0.0749. The summed E-state index contributed by atoms with van der Waals surface area (Å²) < 4.78 is 51.4. The predicted molar refractivity (Wildman–Crippen MR) is 68.0 cm³/mol. The van der Waals surface area contributed by atoms with Gasteiger partial charge < -0.3 is 9.84 Å². The van der Waals surface area contributed by atoms with Crippen molar-refractivity contribution in [2.24, 2.45) is 5.92 Å². The standard InChI is InChI=1S/C12H22F2O4S/c1-19(16,17)10-4-2-3-9(7-10)11(15)5-6-18-8-12(13)14/h9-12,15H,2-8H2,1H3. The smallest absolute Gasteiger partial charge is 0.261 e. The Bertz CT molecular complexity index is 359. The summed E-state index contributed by atoms with van der Waals surface area (Å²) in [5, 5.41) is 9.57. The molecule has 19 heavy (non-hydrogen) atoms. The van der Waals surface area contributed by atoms with Gasteiger partial charge in [-0.3, -0.25) is 0 Å². The summed E-state index contributed by atoms with van der Waals surface area (Å²) in [6.07, 6.45) is 0.966. The molecule has 0 spiro atoms. The molecular formula is C12H22F2O4S. The highest BCUT2D eigenvalue weighted by Crippen LogP contribution is 2.31. The third-order valence-electron chi connectivity index (χ3n) is 3.62. The first kappa shape index (κ1) is 16.8. The summed E-state index contributed by atoms with van der Waals surface area (Å²) in [7, 11) is -3.07. The van der Waals surface area contributed by atoms with Gasteiger partial charge in [0.2, 0.25) is 0 Å². The first-order valence-electron chi connectivity index (χ1n) is 6.53. The fourth-order valence-electron chi connectivity index (χ4n) is 2.53. The zero-order valence-electron chi connectivity index (χ0n) is 11.1. The molecule has 1 aliphatic carbocycles. The van der Waals surface area contributed by atoms with E-state index in [1.54, 1.807) is 0 Å². The molecule has 0 amide bonds. The predicted octanol–water partition coefficient (Wildman–Crippen LogP) is 1.62. The van der Waals surface area contributed by atoms with E-state index in [9.17, 15) is 22.3 Å². The number of rotatable bonds is 7. The Hall–Kier alpha value is -0.270. The van der Waals surface area contributed by atoms with Crippen LogP contribution in [0.25, 0.3) is 0 Å². The van der Waals surface area contributed by atoms with Crippen LogP contribution in [0.1, 0.15) is 32.1 Å². The lowest BCUT2D eigenvalue weighted by molar-refractivity contribution is -0.00590. The fourth-order valence-corrected chi connectivity index (χ4v) is 3.72. The highest BCUT2D eigenvalue weighted by atomic mass is 32.2. The maximum atomic E-state index is 11.8. The average molecular weight is 300 g/mol. The molecule has 0 aromatic heterocycles. The molecule has 114 valence electrons. The van der Waals surface area contributed by atoms with Crippen molar-refractivity contribution < 1.29 is 27.0 Å². The Kier molecular flexibility index (Phi) is 6.62. The minimum atomic E-state index is -3.07. The second-order valence-corrected chi connectivity index (χ2v) is 7.53. The van der Waals surface area contributed by atoms with Crippen molar-refractivity contribution in [1.29, 1.82) is 0 Å². The lowest BCUT2D eigenvalue weighted by Gasteiger charge is -2.31. The Labute approximate surface area is 113 Å². The van der Waals surface area contributed by atoms with Crippen molar-refractivity contribution in [3.05, 3.63) is 0 Å². The highest BCUT2D eigenvalue weighted by molar-refractivity contribution is 7.91. The van der Waals surface area contributed by atoms with Crippen LogP contribution in [0.5, 0.6) is 0 Å². The summed E-state index contributed by atoms with van der Waals surface area (Å²) >= 11 is 0. The lowest BCUT2D eigenvalue weighted by Crippen LogP contribution is -2.33. The van der Waals surface area contributed by atoms with Gasteiger partial charge in [0.1, 0.15) is 16.4 Å². The number of sulfone groups is 1. The summed E-state index contributed by atoms with van der Waals surface area (Å²) in [6, 6.07) is 0. The molecule has 1 fully saturated rings. The highest BCUT2D eigenvalue weighted by Gasteiger charge is 2.32. The van der Waals surface area contributed by atoms with Crippen molar-refractivity contribution in [2.45, 2.75) is 49.9 Å². The van der Waals surface area contributed by atoms with E-state index in [2.05, 4.69) is 0 Å². The molecule has 7 heteroatoms. The number of alkyl halides is 2. The topological polar surface area (TPSA) is 63.6 Å². The zero-order valence-corrected chi connectivity index (χ0v) is 11.9. The molecule has 0 aromatic rings. The molecule has 1 aliphatic rings. The van der Waals surface area contributed by atoms with Gasteiger partial charge in [0.15, 0.2) is 0 Å². The van der Waals surface area contributed by atoms with Gasteiger partial charge in [-0.05, 0) is 31.6 Å². The molecule has 0 radical (unpaired) electrons. The summed E-state index contributed by atoms with van der Waals surface area (Å²) in [4.78, 5) is 0. The minimum Gasteiger partial charge on any atom is -0.393 e. The molecule has 0 aliphatic heterocycles. The van der Waals surface area contributed by atoms with E-state index in [4.69, 9.17) is 4.74 Å². The van der Waals surface area contributed by atoms with E-state index in [0.717, 1.165) is 12.8 Å². The lowest BCUT2D eigenvalue weighted by atomic mass is 9.84. The molecule has 0 heterocycles. The van der Waals surface area contributed by atoms with Gasteiger partial charge in [-0.25, -0.2) is 17.2 Å². The van der Waals surface area contributed by atoms with Gasteiger partial charge >= 0.3 is 0 Å².